The highest BCUT2D eigenvalue weighted by molar-refractivity contribution is 5.56. The third kappa shape index (κ3) is 3.95. The first-order valence-electron chi connectivity index (χ1n) is 6.62. The fraction of sp³-hybridized carbons (Fsp3) is 0.357. The van der Waals surface area contributed by atoms with Crippen LogP contribution in [0.4, 0.5) is 11.4 Å². The zero-order chi connectivity index (χ0) is 15.4. The number of hydrogen-bond acceptors (Lipinski definition) is 5. The molecule has 2 rings (SSSR count). The second-order valence-corrected chi connectivity index (χ2v) is 4.94. The van der Waals surface area contributed by atoms with Crippen LogP contribution in [0.2, 0.25) is 0 Å². The van der Waals surface area contributed by atoms with Gasteiger partial charge in [-0.25, -0.2) is 0 Å². The van der Waals surface area contributed by atoms with Crippen molar-refractivity contribution in [2.75, 3.05) is 5.32 Å². The minimum Gasteiger partial charge on any atom is -0.491 e. The molecule has 1 N–H and O–H groups in total. The van der Waals surface area contributed by atoms with E-state index in [2.05, 4.69) is 10.4 Å². The fourth-order valence-electron chi connectivity index (χ4n) is 1.90. The minimum atomic E-state index is -0.428. The number of rotatable bonds is 6. The Hall–Kier alpha value is -2.57. The van der Waals surface area contributed by atoms with Gasteiger partial charge in [-0.1, -0.05) is 0 Å². The molecule has 21 heavy (non-hydrogen) atoms. The molecule has 0 aliphatic carbocycles. The van der Waals surface area contributed by atoms with Crippen molar-refractivity contribution < 1.29 is 9.66 Å². The van der Waals surface area contributed by atoms with E-state index >= 15 is 0 Å². The van der Waals surface area contributed by atoms with Crippen LogP contribution in [0.5, 0.6) is 5.75 Å². The molecule has 0 fully saturated rings. The van der Waals surface area contributed by atoms with Gasteiger partial charge < -0.3 is 10.1 Å². The van der Waals surface area contributed by atoms with E-state index < -0.39 is 4.92 Å². The summed E-state index contributed by atoms with van der Waals surface area (Å²) in [6.07, 6.45) is 1.66. The van der Waals surface area contributed by atoms with E-state index in [1.165, 1.54) is 12.1 Å². The predicted octanol–water partition coefficient (Wildman–Crippen LogP) is 2.73. The molecule has 1 heterocycles. The van der Waals surface area contributed by atoms with Crippen molar-refractivity contribution in [1.29, 1.82) is 0 Å². The lowest BCUT2D eigenvalue weighted by molar-refractivity contribution is -0.384. The Morgan fingerprint density at radius 3 is 2.76 bits per heavy atom. The largest absolute Gasteiger partial charge is 0.491 e. The average molecular weight is 290 g/mol. The number of ether oxygens (including phenoxy) is 1. The molecular weight excluding hydrogens is 272 g/mol. The van der Waals surface area contributed by atoms with Crippen molar-refractivity contribution in [2.45, 2.75) is 26.5 Å². The van der Waals surface area contributed by atoms with Gasteiger partial charge in [0.1, 0.15) is 5.75 Å². The predicted molar refractivity (Wildman–Crippen MR) is 79.4 cm³/mol. The van der Waals surface area contributed by atoms with E-state index in [0.717, 1.165) is 5.69 Å². The lowest BCUT2D eigenvalue weighted by atomic mass is 10.2. The molecule has 0 saturated carbocycles. The van der Waals surface area contributed by atoms with E-state index in [0.29, 0.717) is 18.0 Å². The first-order chi connectivity index (χ1) is 9.95. The number of aromatic nitrogens is 2. The second kappa shape index (κ2) is 6.25. The van der Waals surface area contributed by atoms with E-state index in [-0.39, 0.29) is 11.8 Å². The summed E-state index contributed by atoms with van der Waals surface area (Å²) >= 11 is 0. The summed E-state index contributed by atoms with van der Waals surface area (Å²) in [5, 5.41) is 18.2. The van der Waals surface area contributed by atoms with Crippen LogP contribution in [0.25, 0.3) is 0 Å². The first-order valence-corrected chi connectivity index (χ1v) is 6.62. The molecule has 112 valence electrons. The molecule has 1 aromatic carbocycles. The van der Waals surface area contributed by atoms with Gasteiger partial charge in [-0.2, -0.15) is 5.10 Å². The number of hydrogen-bond donors (Lipinski definition) is 1. The quantitative estimate of drug-likeness (QED) is 0.653. The maximum Gasteiger partial charge on any atom is 0.275 e. The maximum absolute atomic E-state index is 11.0. The Bertz CT molecular complexity index is 637. The van der Waals surface area contributed by atoms with Crippen molar-refractivity contribution in [3.63, 3.8) is 0 Å². The van der Waals surface area contributed by atoms with Crippen LogP contribution < -0.4 is 10.1 Å². The summed E-state index contributed by atoms with van der Waals surface area (Å²) in [7, 11) is 1.84. The summed E-state index contributed by atoms with van der Waals surface area (Å²) in [5.74, 6) is 0.478. The van der Waals surface area contributed by atoms with E-state index in [9.17, 15) is 10.1 Å². The summed E-state index contributed by atoms with van der Waals surface area (Å²) in [4.78, 5) is 10.6. The molecule has 0 saturated heterocycles. The van der Waals surface area contributed by atoms with Crippen molar-refractivity contribution in [3.8, 4) is 5.75 Å². The Morgan fingerprint density at radius 2 is 2.19 bits per heavy atom. The van der Waals surface area contributed by atoms with Crippen molar-refractivity contribution in [2.24, 2.45) is 7.05 Å². The highest BCUT2D eigenvalue weighted by Crippen LogP contribution is 2.27. The smallest absolute Gasteiger partial charge is 0.275 e. The van der Waals surface area contributed by atoms with Gasteiger partial charge in [-0.3, -0.25) is 14.8 Å². The van der Waals surface area contributed by atoms with Gasteiger partial charge in [0.05, 0.1) is 29.3 Å². The van der Waals surface area contributed by atoms with Crippen LogP contribution in [-0.2, 0) is 13.6 Å². The molecule has 1 aromatic heterocycles. The molecule has 0 atom stereocenters. The lowest BCUT2D eigenvalue weighted by Gasteiger charge is -2.12. The Morgan fingerprint density at radius 1 is 1.43 bits per heavy atom. The molecular formula is C14H18N4O3. The lowest BCUT2D eigenvalue weighted by Crippen LogP contribution is -2.08. The summed E-state index contributed by atoms with van der Waals surface area (Å²) in [6, 6.07) is 6.55. The number of nitro groups is 1. The van der Waals surface area contributed by atoms with Crippen LogP contribution in [0.15, 0.2) is 30.5 Å². The topological polar surface area (TPSA) is 82.2 Å². The maximum atomic E-state index is 11.0. The SMILES string of the molecule is CC(C)Oc1cc(NCc2ccnn2C)cc([N+](=O)[O-])c1. The van der Waals surface area contributed by atoms with Crippen LogP contribution in [0.3, 0.4) is 0 Å². The molecule has 0 amide bonds. The average Bonchev–Trinajstić information content (AvgIpc) is 2.81. The summed E-state index contributed by atoms with van der Waals surface area (Å²) in [5.41, 5.74) is 1.62. The number of nitro benzene ring substituents is 1. The van der Waals surface area contributed by atoms with Gasteiger partial charge in [0, 0.05) is 31.1 Å². The second-order valence-electron chi connectivity index (χ2n) is 4.94. The molecule has 0 radical (unpaired) electrons. The van der Waals surface area contributed by atoms with Crippen molar-refractivity contribution in [3.05, 3.63) is 46.3 Å². The number of non-ortho nitro benzene ring substituents is 1. The third-order valence-corrected chi connectivity index (χ3v) is 2.87. The number of benzene rings is 1. The standard InChI is InChI=1S/C14H18N4O3/c1-10(2)21-14-7-11(6-13(8-14)18(19)20)15-9-12-4-5-16-17(12)3/h4-8,10,15H,9H2,1-3H3. The van der Waals surface area contributed by atoms with Gasteiger partial charge in [-0.05, 0) is 19.9 Å². The first kappa shape index (κ1) is 14.8. The summed E-state index contributed by atoms with van der Waals surface area (Å²) < 4.78 is 7.29. The highest BCUT2D eigenvalue weighted by Gasteiger charge is 2.12. The molecule has 2 aromatic rings. The number of anilines is 1. The molecule has 0 bridgehead atoms. The van der Waals surface area contributed by atoms with Crippen molar-refractivity contribution >= 4 is 11.4 Å². The molecule has 7 nitrogen and oxygen atoms in total. The van der Waals surface area contributed by atoms with Gasteiger partial charge >= 0.3 is 0 Å². The highest BCUT2D eigenvalue weighted by atomic mass is 16.6. The fourth-order valence-corrected chi connectivity index (χ4v) is 1.90. The Kier molecular flexibility index (Phi) is 4.42. The monoisotopic (exact) mass is 290 g/mol. The van der Waals surface area contributed by atoms with E-state index in [1.54, 1.807) is 16.9 Å². The van der Waals surface area contributed by atoms with Gasteiger partial charge in [0.15, 0.2) is 0 Å². The minimum absolute atomic E-state index is 0.000608. The molecule has 0 spiro atoms. The van der Waals surface area contributed by atoms with Crippen LogP contribution in [0.1, 0.15) is 19.5 Å². The third-order valence-electron chi connectivity index (χ3n) is 2.87. The van der Waals surface area contributed by atoms with E-state index in [4.69, 9.17) is 4.74 Å². The normalized spacial score (nSPS) is 10.7. The molecule has 0 unspecified atom stereocenters. The van der Waals surface area contributed by atoms with Crippen LogP contribution in [0, 0.1) is 10.1 Å². The number of aryl methyl sites for hydroxylation is 1. The van der Waals surface area contributed by atoms with Crippen molar-refractivity contribution in [1.82, 2.24) is 9.78 Å². The Balaban J connectivity index is 2.19. The summed E-state index contributed by atoms with van der Waals surface area (Å²) in [6.45, 7) is 4.28. The Labute approximate surface area is 122 Å². The van der Waals surface area contributed by atoms with Gasteiger partial charge in [-0.15, -0.1) is 0 Å². The zero-order valence-electron chi connectivity index (χ0n) is 12.2. The zero-order valence-corrected chi connectivity index (χ0v) is 12.2. The van der Waals surface area contributed by atoms with Crippen LogP contribution >= 0.6 is 0 Å². The van der Waals surface area contributed by atoms with Crippen LogP contribution in [-0.4, -0.2) is 20.8 Å². The molecule has 0 aliphatic rings. The van der Waals surface area contributed by atoms with Gasteiger partial charge in [0.2, 0.25) is 0 Å². The van der Waals surface area contributed by atoms with E-state index in [1.807, 2.05) is 27.0 Å². The molecule has 7 heteroatoms. The number of nitrogens with zero attached hydrogens (tertiary/aromatic N) is 3. The number of nitrogens with one attached hydrogen (secondary N) is 1. The van der Waals surface area contributed by atoms with Gasteiger partial charge in [0.25, 0.3) is 5.69 Å². The molecule has 0 aliphatic heterocycles.